The van der Waals surface area contributed by atoms with Crippen LogP contribution in [-0.4, -0.2) is 62.6 Å². The summed E-state index contributed by atoms with van der Waals surface area (Å²) in [7, 11) is 3.16. The molecule has 0 aliphatic heterocycles. The van der Waals surface area contributed by atoms with E-state index in [-0.39, 0.29) is 60.2 Å². The molecule has 0 fully saturated rings. The molecule has 14 heteroatoms. The van der Waals surface area contributed by atoms with Crippen LogP contribution in [-0.2, 0) is 22.7 Å². The number of aromatic amines is 1. The summed E-state index contributed by atoms with van der Waals surface area (Å²) in [4.78, 5) is 57.6. The lowest BCUT2D eigenvalue weighted by Gasteiger charge is -2.16. The number of nitrogens with zero attached hydrogens (tertiary/aromatic N) is 3. The Kier molecular flexibility index (Phi) is 10.1. The third-order valence-corrected chi connectivity index (χ3v) is 6.44. The van der Waals surface area contributed by atoms with Crippen LogP contribution in [0, 0.1) is 11.6 Å². The number of aromatic nitrogens is 3. The van der Waals surface area contributed by atoms with Crippen molar-refractivity contribution in [2.45, 2.75) is 32.0 Å². The highest BCUT2D eigenvalue weighted by Gasteiger charge is 2.22. The molecule has 0 aliphatic carbocycles. The number of rotatable bonds is 12. The van der Waals surface area contributed by atoms with Gasteiger partial charge in [-0.2, -0.15) is 4.39 Å². The molecule has 1 atom stereocenters. The van der Waals surface area contributed by atoms with Crippen LogP contribution in [0.2, 0.25) is 0 Å². The van der Waals surface area contributed by atoms with E-state index >= 15 is 0 Å². The van der Waals surface area contributed by atoms with Crippen molar-refractivity contribution in [3.8, 4) is 5.75 Å². The fourth-order valence-electron chi connectivity index (χ4n) is 4.21. The summed E-state index contributed by atoms with van der Waals surface area (Å²) >= 11 is 0. The number of H-pyrrole nitrogens is 1. The van der Waals surface area contributed by atoms with Gasteiger partial charge in [-0.25, -0.2) is 14.2 Å². The molecule has 1 unspecified atom stereocenters. The van der Waals surface area contributed by atoms with Crippen molar-refractivity contribution in [3.05, 3.63) is 100 Å². The molecule has 12 nitrogen and oxygen atoms in total. The zero-order valence-electron chi connectivity index (χ0n) is 23.8. The van der Waals surface area contributed by atoms with Gasteiger partial charge in [-0.15, -0.1) is 0 Å². The number of fused-ring (bicyclic) bond motifs is 1. The molecule has 3 amide bonds. The summed E-state index contributed by atoms with van der Waals surface area (Å²) in [5, 5.41) is 13.7. The third kappa shape index (κ3) is 7.85. The molecule has 0 saturated heterocycles. The van der Waals surface area contributed by atoms with E-state index in [1.54, 1.807) is 38.4 Å². The lowest BCUT2D eigenvalue weighted by Crippen LogP contribution is -2.44. The Labute approximate surface area is 250 Å². The van der Waals surface area contributed by atoms with Crippen molar-refractivity contribution in [1.82, 2.24) is 24.8 Å². The van der Waals surface area contributed by atoms with Crippen molar-refractivity contribution >= 4 is 34.6 Å². The van der Waals surface area contributed by atoms with Gasteiger partial charge in [0.05, 0.1) is 12.1 Å². The number of carbonyl (C=O) groups is 3. The second kappa shape index (κ2) is 14.1. The van der Waals surface area contributed by atoms with Gasteiger partial charge < -0.3 is 34.9 Å². The van der Waals surface area contributed by atoms with Crippen molar-refractivity contribution in [3.63, 3.8) is 0 Å². The minimum atomic E-state index is -1.44. The van der Waals surface area contributed by atoms with Crippen LogP contribution in [0.3, 0.4) is 0 Å². The molecule has 0 saturated carbocycles. The van der Waals surface area contributed by atoms with E-state index in [4.69, 9.17) is 4.74 Å². The number of hydrogen-bond acceptors (Lipinski definition) is 6. The van der Waals surface area contributed by atoms with E-state index in [9.17, 15) is 33.1 Å². The molecule has 4 rings (SSSR count). The first-order valence-corrected chi connectivity index (χ1v) is 13.4. The number of ether oxygens (including phenoxy) is 1. The largest absolute Gasteiger partial charge is 0.483 e. The van der Waals surface area contributed by atoms with Gasteiger partial charge in [0.1, 0.15) is 29.7 Å². The number of allylic oxidation sites excluding steroid dienone is 1. The third-order valence-electron chi connectivity index (χ3n) is 6.44. The van der Waals surface area contributed by atoms with E-state index < -0.39 is 35.2 Å². The van der Waals surface area contributed by atoms with E-state index in [2.05, 4.69) is 20.6 Å². The Morgan fingerprint density at radius 3 is 2.61 bits per heavy atom. The normalized spacial score (nSPS) is 11.8. The van der Waals surface area contributed by atoms with Crippen molar-refractivity contribution < 1.29 is 33.0 Å². The molecular weight excluding hydrogens is 578 g/mol. The second-order valence-corrected chi connectivity index (χ2v) is 9.91. The highest BCUT2D eigenvalue weighted by atomic mass is 19.2. The molecule has 0 bridgehead atoms. The first kappa shape index (κ1) is 31.4. The number of pyridine rings is 1. The standard InChI is InChI=1S/C30H30F2N6O6/c1-37(2)24(39)13-7-6-11-20(35-30(42)43)28(40)34-21-12-8-14-38(29(21)41)16-23-33-22-15-19(31)25(32)27(26(22)36-23)44-17-18-9-4-3-5-10-18/h3-5,7-10,12-15,20,35H,6,11,16-17H2,1-2H3,(H,33,36)(H,34,40)(H,42,43)/b13-7+. The Hall–Kier alpha value is -5.53. The monoisotopic (exact) mass is 608 g/mol. The van der Waals surface area contributed by atoms with Crippen molar-refractivity contribution in [2.75, 3.05) is 19.4 Å². The van der Waals surface area contributed by atoms with Crippen LogP contribution >= 0.6 is 0 Å². The SMILES string of the molecule is CN(C)C(=O)/C=C/CCC(NC(=O)O)C(=O)Nc1cccn(Cc2nc3c(OCc4ccccc4)c(F)c(F)cc3[nH]2)c1=O. The smallest absolute Gasteiger partial charge is 0.405 e. The first-order valence-electron chi connectivity index (χ1n) is 13.4. The number of imidazole rings is 1. The summed E-state index contributed by atoms with van der Waals surface area (Å²) in [5.41, 5.74) is 0.166. The number of carboxylic acid groups (broad SMARTS) is 1. The van der Waals surface area contributed by atoms with Crippen LogP contribution in [0.15, 0.2) is 71.7 Å². The van der Waals surface area contributed by atoms with Gasteiger partial charge in [0, 0.05) is 26.4 Å². The molecule has 2 heterocycles. The molecule has 230 valence electrons. The number of nitrogens with one attached hydrogen (secondary N) is 3. The molecule has 0 spiro atoms. The Bertz CT molecular complexity index is 1750. The van der Waals surface area contributed by atoms with Gasteiger partial charge in [-0.3, -0.25) is 14.4 Å². The topological polar surface area (TPSA) is 159 Å². The number of halogens is 2. The van der Waals surface area contributed by atoms with Crippen LogP contribution in [0.5, 0.6) is 5.75 Å². The van der Waals surface area contributed by atoms with E-state index in [0.717, 1.165) is 11.6 Å². The quantitative estimate of drug-likeness (QED) is 0.179. The fourth-order valence-corrected chi connectivity index (χ4v) is 4.21. The highest BCUT2D eigenvalue weighted by molar-refractivity contribution is 5.96. The fraction of sp³-hybridized carbons (Fsp3) is 0.233. The number of anilines is 1. The molecule has 4 N–H and O–H groups in total. The molecular formula is C30H30F2N6O6. The van der Waals surface area contributed by atoms with Gasteiger partial charge >= 0.3 is 6.09 Å². The maximum atomic E-state index is 14.7. The average molecular weight is 609 g/mol. The highest BCUT2D eigenvalue weighted by Crippen LogP contribution is 2.30. The molecule has 0 radical (unpaired) electrons. The zero-order chi connectivity index (χ0) is 31.8. The van der Waals surface area contributed by atoms with Crippen LogP contribution in [0.4, 0.5) is 19.3 Å². The van der Waals surface area contributed by atoms with Gasteiger partial charge in [0.2, 0.25) is 17.6 Å². The Morgan fingerprint density at radius 1 is 1.16 bits per heavy atom. The van der Waals surface area contributed by atoms with Crippen LogP contribution < -0.4 is 20.9 Å². The first-order chi connectivity index (χ1) is 21.0. The van der Waals surface area contributed by atoms with E-state index in [1.165, 1.54) is 39.9 Å². The number of amides is 3. The number of benzene rings is 2. The predicted octanol–water partition coefficient (Wildman–Crippen LogP) is 3.63. The minimum absolute atomic E-state index is 0.0249. The number of likely N-dealkylation sites (N-methyl/N-ethyl adjacent to an activating group) is 1. The summed E-state index contributed by atoms with van der Waals surface area (Å²) in [6.45, 7) is -0.179. The van der Waals surface area contributed by atoms with Crippen LogP contribution in [0.25, 0.3) is 11.0 Å². The zero-order valence-corrected chi connectivity index (χ0v) is 23.8. The predicted molar refractivity (Wildman–Crippen MR) is 157 cm³/mol. The van der Waals surface area contributed by atoms with Crippen molar-refractivity contribution in [1.29, 1.82) is 0 Å². The summed E-state index contributed by atoms with van der Waals surface area (Å²) in [5.74, 6) is -3.57. The lowest BCUT2D eigenvalue weighted by molar-refractivity contribution is -0.123. The number of carbonyl (C=O) groups excluding carboxylic acids is 2. The molecule has 0 aliphatic rings. The second-order valence-electron chi connectivity index (χ2n) is 9.91. The van der Waals surface area contributed by atoms with E-state index in [1.807, 2.05) is 6.07 Å². The summed E-state index contributed by atoms with van der Waals surface area (Å²) < 4.78 is 35.9. The summed E-state index contributed by atoms with van der Waals surface area (Å²) in [6.07, 6.45) is 3.06. The van der Waals surface area contributed by atoms with Gasteiger partial charge in [0.25, 0.3) is 5.56 Å². The molecule has 2 aromatic carbocycles. The van der Waals surface area contributed by atoms with Gasteiger partial charge in [0.15, 0.2) is 11.6 Å². The minimum Gasteiger partial charge on any atom is -0.483 e. The van der Waals surface area contributed by atoms with Gasteiger partial charge in [-0.1, -0.05) is 36.4 Å². The van der Waals surface area contributed by atoms with Gasteiger partial charge in [-0.05, 0) is 36.6 Å². The van der Waals surface area contributed by atoms with Crippen molar-refractivity contribution in [2.24, 2.45) is 0 Å². The maximum Gasteiger partial charge on any atom is 0.405 e. The Balaban J connectivity index is 1.51. The average Bonchev–Trinajstić information content (AvgIpc) is 3.38. The number of hydrogen-bond donors (Lipinski definition) is 4. The van der Waals surface area contributed by atoms with Crippen LogP contribution in [0.1, 0.15) is 24.2 Å². The maximum absolute atomic E-state index is 14.7. The molecule has 2 aromatic heterocycles. The Morgan fingerprint density at radius 2 is 1.91 bits per heavy atom. The summed E-state index contributed by atoms with van der Waals surface area (Å²) in [6, 6.07) is 11.5. The molecule has 44 heavy (non-hydrogen) atoms. The van der Waals surface area contributed by atoms with E-state index in [0.29, 0.717) is 0 Å². The molecule has 4 aromatic rings. The lowest BCUT2D eigenvalue weighted by atomic mass is 10.1.